The topological polar surface area (TPSA) is 105 Å². The van der Waals surface area contributed by atoms with E-state index in [0.717, 1.165) is 42.3 Å². The number of fused-ring (bicyclic) bond motifs is 2. The Morgan fingerprint density at radius 1 is 1.13 bits per heavy atom. The predicted molar refractivity (Wildman–Crippen MR) is 139 cm³/mol. The first-order valence-electron chi connectivity index (χ1n) is 13.2. The highest BCUT2D eigenvalue weighted by atomic mass is 19.1. The van der Waals surface area contributed by atoms with Crippen LogP contribution in [0.25, 0.3) is 16.3 Å². The van der Waals surface area contributed by atoms with Crippen LogP contribution in [0.3, 0.4) is 0 Å². The molecule has 10 heteroatoms. The number of aromatic nitrogens is 4. The molecule has 1 aromatic carbocycles. The lowest BCUT2D eigenvalue weighted by Gasteiger charge is -2.57. The largest absolute Gasteiger partial charge is 0.491 e. The van der Waals surface area contributed by atoms with Gasteiger partial charge in [0.2, 0.25) is 0 Å². The van der Waals surface area contributed by atoms with E-state index < -0.39 is 6.17 Å². The molecule has 1 spiro atoms. The molecule has 196 valence electrons. The fourth-order valence-electron chi connectivity index (χ4n) is 6.52. The smallest absolute Gasteiger partial charge is 0.272 e. The Bertz CT molecular complexity index is 1580. The van der Waals surface area contributed by atoms with Crippen LogP contribution in [0.5, 0.6) is 5.75 Å². The third-order valence-corrected chi connectivity index (χ3v) is 8.49. The predicted octanol–water partition coefficient (Wildman–Crippen LogP) is 3.06. The van der Waals surface area contributed by atoms with Gasteiger partial charge in [-0.25, -0.2) is 14.0 Å². The van der Waals surface area contributed by atoms with E-state index in [2.05, 4.69) is 20.6 Å². The highest BCUT2D eigenvalue weighted by Gasteiger charge is 2.54. The molecule has 1 amide bonds. The number of halogens is 1. The van der Waals surface area contributed by atoms with Crippen molar-refractivity contribution in [3.63, 3.8) is 0 Å². The molecular formula is C28H29FN6O3. The number of rotatable bonds is 7. The maximum absolute atomic E-state index is 13.0. The normalized spacial score (nSPS) is 25.2. The number of ether oxygens (including phenoxy) is 1. The number of hydrogen-bond acceptors (Lipinski definition) is 6. The molecular weight excluding hydrogens is 487 g/mol. The molecule has 3 fully saturated rings. The van der Waals surface area contributed by atoms with Gasteiger partial charge in [-0.1, -0.05) is 18.2 Å². The van der Waals surface area contributed by atoms with Crippen molar-refractivity contribution in [2.75, 3.05) is 26.2 Å². The van der Waals surface area contributed by atoms with E-state index in [1.54, 1.807) is 16.9 Å². The van der Waals surface area contributed by atoms with E-state index >= 15 is 0 Å². The van der Waals surface area contributed by atoms with Crippen molar-refractivity contribution >= 4 is 22.2 Å². The summed E-state index contributed by atoms with van der Waals surface area (Å²) >= 11 is 0. The van der Waals surface area contributed by atoms with Gasteiger partial charge in [0.05, 0.1) is 34.6 Å². The van der Waals surface area contributed by atoms with Crippen molar-refractivity contribution in [3.8, 4) is 5.75 Å². The van der Waals surface area contributed by atoms with Crippen LogP contribution in [0.15, 0.2) is 53.6 Å². The summed E-state index contributed by atoms with van der Waals surface area (Å²) in [7, 11) is 0. The summed E-state index contributed by atoms with van der Waals surface area (Å²) in [5.41, 5.74) is 2.34. The zero-order valence-corrected chi connectivity index (χ0v) is 20.9. The summed E-state index contributed by atoms with van der Waals surface area (Å²) in [6.45, 7) is 2.12. The lowest BCUT2D eigenvalue weighted by molar-refractivity contribution is -0.0196. The van der Waals surface area contributed by atoms with Gasteiger partial charge < -0.3 is 10.1 Å². The standard InChI is InChI=1S/C28H29FN6O3/c29-18-14-34(15-18)7-8-38-20-5-6-24-23(13-30-35(24)16-20)26(36)31-19-11-28(12-19)9-17(10-28)25-21-3-1-2-4-22(21)27(37)33-32-25/h1-6,13,16-19H,7-12,14-15H2,(H,31,36)(H,33,37)/t17-,19-,28?. The Balaban J connectivity index is 0.935. The number of amides is 1. The van der Waals surface area contributed by atoms with Gasteiger partial charge in [-0.15, -0.1) is 0 Å². The molecule has 2 saturated carbocycles. The molecule has 3 aromatic heterocycles. The molecule has 9 nitrogen and oxygen atoms in total. The zero-order chi connectivity index (χ0) is 25.9. The summed E-state index contributed by atoms with van der Waals surface area (Å²) < 4.78 is 20.4. The van der Waals surface area contributed by atoms with Crippen LogP contribution in [-0.2, 0) is 0 Å². The Morgan fingerprint density at radius 2 is 1.92 bits per heavy atom. The van der Waals surface area contributed by atoms with Gasteiger partial charge in [0.1, 0.15) is 18.5 Å². The number of hydrogen-bond donors (Lipinski definition) is 2. The molecule has 1 saturated heterocycles. The van der Waals surface area contributed by atoms with Crippen LogP contribution in [0.1, 0.15) is 47.7 Å². The number of nitrogens with zero attached hydrogens (tertiary/aromatic N) is 4. The number of alkyl halides is 1. The third kappa shape index (κ3) is 4.03. The monoisotopic (exact) mass is 516 g/mol. The number of carbonyl (C=O) groups is 1. The van der Waals surface area contributed by atoms with Gasteiger partial charge in [-0.3, -0.25) is 14.5 Å². The Labute approximate surface area is 218 Å². The van der Waals surface area contributed by atoms with Crippen LogP contribution in [0.4, 0.5) is 4.39 Å². The molecule has 2 aliphatic carbocycles. The van der Waals surface area contributed by atoms with Crippen LogP contribution in [0, 0.1) is 5.41 Å². The molecule has 2 N–H and O–H groups in total. The summed E-state index contributed by atoms with van der Waals surface area (Å²) in [4.78, 5) is 27.1. The van der Waals surface area contributed by atoms with Crippen LogP contribution in [-0.4, -0.2) is 69.1 Å². The first kappa shape index (κ1) is 23.3. The summed E-state index contributed by atoms with van der Waals surface area (Å²) in [5.74, 6) is 0.877. The Kier molecular flexibility index (Phi) is 5.47. The van der Waals surface area contributed by atoms with E-state index in [-0.39, 0.29) is 22.9 Å². The van der Waals surface area contributed by atoms with Gasteiger partial charge >= 0.3 is 0 Å². The van der Waals surface area contributed by atoms with Crippen molar-refractivity contribution in [3.05, 3.63) is 70.4 Å². The molecule has 0 atom stereocenters. The van der Waals surface area contributed by atoms with E-state index in [4.69, 9.17) is 4.74 Å². The first-order valence-corrected chi connectivity index (χ1v) is 13.2. The van der Waals surface area contributed by atoms with E-state index in [1.165, 1.54) is 0 Å². The first-order chi connectivity index (χ1) is 18.5. The average Bonchev–Trinajstić information content (AvgIpc) is 3.28. The molecule has 4 aromatic rings. The van der Waals surface area contributed by atoms with Gasteiger partial charge in [0, 0.05) is 37.0 Å². The van der Waals surface area contributed by atoms with E-state index in [0.29, 0.717) is 48.9 Å². The minimum atomic E-state index is -0.712. The second-order valence-electron chi connectivity index (χ2n) is 11.1. The lowest BCUT2D eigenvalue weighted by atomic mass is 9.49. The molecule has 0 bridgehead atoms. The van der Waals surface area contributed by atoms with E-state index in [1.807, 2.05) is 41.3 Å². The number of likely N-dealkylation sites (tertiary alicyclic amines) is 1. The Hall–Kier alpha value is -3.79. The fourth-order valence-corrected chi connectivity index (χ4v) is 6.52. The van der Waals surface area contributed by atoms with E-state index in [9.17, 15) is 14.0 Å². The number of nitrogens with one attached hydrogen (secondary N) is 2. The summed E-state index contributed by atoms with van der Waals surface area (Å²) in [6.07, 6.45) is 6.60. The molecule has 4 heterocycles. The van der Waals surface area contributed by atoms with Crippen LogP contribution >= 0.6 is 0 Å². The number of pyridine rings is 1. The highest BCUT2D eigenvalue weighted by molar-refractivity contribution is 6.00. The second kappa shape index (κ2) is 8.90. The highest BCUT2D eigenvalue weighted by Crippen LogP contribution is 2.62. The molecule has 0 radical (unpaired) electrons. The lowest BCUT2D eigenvalue weighted by Crippen LogP contribution is -2.55. The number of carbonyl (C=O) groups excluding carboxylic acids is 1. The minimum Gasteiger partial charge on any atom is -0.491 e. The van der Waals surface area contributed by atoms with Crippen molar-refractivity contribution in [1.82, 2.24) is 30.0 Å². The quantitative estimate of drug-likeness (QED) is 0.391. The second-order valence-corrected chi connectivity index (χ2v) is 11.1. The third-order valence-electron chi connectivity index (χ3n) is 8.49. The molecule has 38 heavy (non-hydrogen) atoms. The SMILES string of the molecule is O=C(N[C@H]1CC2(C1)C[C@H](c1n[nH]c(=O)c3ccccc31)C2)c1cnn2cc(OCCN3CC(F)C3)ccc12. The summed E-state index contributed by atoms with van der Waals surface area (Å²) in [6, 6.07) is 11.5. The van der Waals surface area contributed by atoms with Crippen molar-refractivity contribution in [2.45, 2.75) is 43.8 Å². The van der Waals surface area contributed by atoms with Crippen molar-refractivity contribution in [2.24, 2.45) is 5.41 Å². The number of aromatic amines is 1. The summed E-state index contributed by atoms with van der Waals surface area (Å²) in [5, 5.41) is 16.2. The maximum atomic E-state index is 13.0. The zero-order valence-electron chi connectivity index (χ0n) is 20.9. The molecule has 3 aliphatic rings. The fraction of sp³-hybridized carbons (Fsp3) is 0.429. The van der Waals surface area contributed by atoms with Crippen LogP contribution in [0.2, 0.25) is 0 Å². The number of benzene rings is 1. The van der Waals surface area contributed by atoms with Gasteiger partial charge in [-0.05, 0) is 49.3 Å². The van der Waals surface area contributed by atoms with Crippen molar-refractivity contribution < 1.29 is 13.9 Å². The van der Waals surface area contributed by atoms with Crippen LogP contribution < -0.4 is 15.6 Å². The van der Waals surface area contributed by atoms with Crippen molar-refractivity contribution in [1.29, 1.82) is 0 Å². The van der Waals surface area contributed by atoms with Gasteiger partial charge in [0.15, 0.2) is 0 Å². The minimum absolute atomic E-state index is 0.115. The average molecular weight is 517 g/mol. The molecule has 7 rings (SSSR count). The van der Waals surface area contributed by atoms with Gasteiger partial charge in [0.25, 0.3) is 11.5 Å². The maximum Gasteiger partial charge on any atom is 0.272 e. The molecule has 1 aliphatic heterocycles. The molecule has 0 unspecified atom stereocenters. The Morgan fingerprint density at radius 3 is 2.71 bits per heavy atom. The number of H-pyrrole nitrogens is 1. The van der Waals surface area contributed by atoms with Gasteiger partial charge in [-0.2, -0.15) is 10.2 Å².